The number of hydrogen-bond donors (Lipinski definition) is 3. The molecule has 0 aromatic carbocycles. The van der Waals surface area contributed by atoms with Gasteiger partial charge in [-0.05, 0) is 0 Å². The summed E-state index contributed by atoms with van der Waals surface area (Å²) in [6.07, 6.45) is -1.03. The number of aliphatic hydroxyl groups excluding tert-OH is 3. The topological polar surface area (TPSA) is 87.0 Å². The van der Waals surface area contributed by atoms with Crippen LogP contribution in [0.4, 0.5) is 0 Å². The second-order valence-electron chi connectivity index (χ2n) is 2.17. The highest BCUT2D eigenvalue weighted by Gasteiger charge is 2.29. The Balaban J connectivity index is 2.60. The molecule has 0 fully saturated rings. The highest BCUT2D eigenvalue weighted by Crippen LogP contribution is 2.13. The summed E-state index contributed by atoms with van der Waals surface area (Å²) in [6.45, 7) is -0.512. The lowest BCUT2D eigenvalue weighted by Crippen LogP contribution is -2.28. The van der Waals surface area contributed by atoms with Crippen molar-refractivity contribution in [2.75, 3.05) is 6.61 Å². The van der Waals surface area contributed by atoms with Crippen LogP contribution in [0.25, 0.3) is 0 Å². The standard InChI is InChI=1S/C6H8O5/c7-2-4(9)5-1-3(8)6(10)11-5/h1,4-5,7-9H,2H2/t4?,5-/m1/s1. The molecule has 0 aromatic rings. The number of esters is 1. The Labute approximate surface area is 62.5 Å². The predicted molar refractivity (Wildman–Crippen MR) is 33.7 cm³/mol. The van der Waals surface area contributed by atoms with E-state index in [1.165, 1.54) is 0 Å². The zero-order chi connectivity index (χ0) is 8.43. The van der Waals surface area contributed by atoms with Gasteiger partial charge in [0.15, 0.2) is 6.10 Å². The number of carbonyl (C=O) groups is 1. The molecule has 0 bridgehead atoms. The number of hydrogen-bond acceptors (Lipinski definition) is 5. The van der Waals surface area contributed by atoms with Crippen molar-refractivity contribution in [2.45, 2.75) is 12.2 Å². The van der Waals surface area contributed by atoms with Crippen LogP contribution in [0, 0.1) is 0 Å². The van der Waals surface area contributed by atoms with E-state index in [0.717, 1.165) is 6.08 Å². The molecular formula is C6H8O5. The van der Waals surface area contributed by atoms with Gasteiger partial charge in [-0.3, -0.25) is 0 Å². The zero-order valence-corrected chi connectivity index (χ0v) is 5.60. The Kier molecular flexibility index (Phi) is 2.11. The van der Waals surface area contributed by atoms with Crippen LogP contribution in [0.3, 0.4) is 0 Å². The summed E-state index contributed by atoms with van der Waals surface area (Å²) in [5.74, 6) is -1.40. The zero-order valence-electron chi connectivity index (χ0n) is 5.60. The molecule has 0 spiro atoms. The first-order valence-electron chi connectivity index (χ1n) is 3.06. The van der Waals surface area contributed by atoms with Gasteiger partial charge in [0.1, 0.15) is 6.10 Å². The van der Waals surface area contributed by atoms with Crippen molar-refractivity contribution >= 4 is 5.97 Å². The Morgan fingerprint density at radius 1 is 1.73 bits per heavy atom. The molecule has 0 aromatic heterocycles. The lowest BCUT2D eigenvalue weighted by Gasteiger charge is -2.11. The summed E-state index contributed by atoms with van der Waals surface area (Å²) in [5, 5.41) is 26.0. The third kappa shape index (κ3) is 1.50. The van der Waals surface area contributed by atoms with E-state index in [-0.39, 0.29) is 0 Å². The van der Waals surface area contributed by atoms with Gasteiger partial charge >= 0.3 is 5.97 Å². The molecule has 1 aliphatic heterocycles. The van der Waals surface area contributed by atoms with Gasteiger partial charge < -0.3 is 20.1 Å². The van der Waals surface area contributed by atoms with Gasteiger partial charge in [0.25, 0.3) is 0 Å². The second kappa shape index (κ2) is 2.89. The number of carbonyl (C=O) groups excluding carboxylic acids is 1. The number of ether oxygens (including phenoxy) is 1. The third-order valence-electron chi connectivity index (χ3n) is 1.34. The van der Waals surface area contributed by atoms with E-state index in [4.69, 9.17) is 15.3 Å². The molecule has 0 saturated heterocycles. The molecule has 2 atom stereocenters. The smallest absolute Gasteiger partial charge is 0.373 e. The van der Waals surface area contributed by atoms with E-state index in [9.17, 15) is 4.79 Å². The van der Waals surface area contributed by atoms with Crippen molar-refractivity contribution in [3.63, 3.8) is 0 Å². The first kappa shape index (κ1) is 8.03. The van der Waals surface area contributed by atoms with E-state index < -0.39 is 30.5 Å². The van der Waals surface area contributed by atoms with E-state index >= 15 is 0 Å². The Hall–Kier alpha value is -1.07. The van der Waals surface area contributed by atoms with Crippen LogP contribution in [-0.4, -0.2) is 40.1 Å². The lowest BCUT2D eigenvalue weighted by atomic mass is 10.2. The van der Waals surface area contributed by atoms with Crippen LogP contribution >= 0.6 is 0 Å². The van der Waals surface area contributed by atoms with Crippen LogP contribution in [0.15, 0.2) is 11.8 Å². The minimum Gasteiger partial charge on any atom is -0.502 e. The third-order valence-corrected chi connectivity index (χ3v) is 1.34. The number of cyclic esters (lactones) is 1. The van der Waals surface area contributed by atoms with Crippen LogP contribution in [0.2, 0.25) is 0 Å². The maximum Gasteiger partial charge on any atom is 0.373 e. The van der Waals surface area contributed by atoms with Crippen molar-refractivity contribution in [1.82, 2.24) is 0 Å². The summed E-state index contributed by atoms with van der Waals surface area (Å²) in [7, 11) is 0. The SMILES string of the molecule is O=C1O[C@@H](C(O)CO)C=C1O. The van der Waals surface area contributed by atoms with Gasteiger partial charge in [-0.25, -0.2) is 4.79 Å². The minimum absolute atomic E-state index is 0.512. The van der Waals surface area contributed by atoms with E-state index in [2.05, 4.69) is 4.74 Å². The number of rotatable bonds is 2. The molecule has 0 radical (unpaired) electrons. The Morgan fingerprint density at radius 2 is 2.36 bits per heavy atom. The van der Waals surface area contributed by atoms with E-state index in [0.29, 0.717) is 0 Å². The molecule has 1 rings (SSSR count). The predicted octanol–water partition coefficient (Wildman–Crippen LogP) is -1.29. The summed E-state index contributed by atoms with van der Waals surface area (Å²) in [5.41, 5.74) is 0. The van der Waals surface area contributed by atoms with Gasteiger partial charge in [-0.1, -0.05) is 0 Å². The summed E-state index contributed by atoms with van der Waals surface area (Å²) in [6, 6.07) is 0. The minimum atomic E-state index is -1.16. The van der Waals surface area contributed by atoms with E-state index in [1.54, 1.807) is 0 Å². The van der Waals surface area contributed by atoms with Crippen molar-refractivity contribution in [1.29, 1.82) is 0 Å². The molecular weight excluding hydrogens is 152 g/mol. The second-order valence-corrected chi connectivity index (χ2v) is 2.17. The highest BCUT2D eigenvalue weighted by molar-refractivity contribution is 5.88. The largest absolute Gasteiger partial charge is 0.502 e. The summed E-state index contributed by atoms with van der Waals surface area (Å²) < 4.78 is 4.43. The molecule has 11 heavy (non-hydrogen) atoms. The Bertz CT molecular complexity index is 197. The molecule has 0 saturated carbocycles. The summed E-state index contributed by atoms with van der Waals surface area (Å²) >= 11 is 0. The van der Waals surface area contributed by atoms with Crippen LogP contribution in [-0.2, 0) is 9.53 Å². The first-order chi connectivity index (χ1) is 5.15. The fourth-order valence-electron chi connectivity index (χ4n) is 0.735. The average Bonchev–Trinajstić information content (AvgIpc) is 2.31. The van der Waals surface area contributed by atoms with Gasteiger partial charge in [-0.2, -0.15) is 0 Å². The summed E-state index contributed by atoms with van der Waals surface area (Å²) in [4.78, 5) is 10.5. The van der Waals surface area contributed by atoms with Gasteiger partial charge in [0.05, 0.1) is 6.61 Å². The molecule has 0 aliphatic carbocycles. The normalized spacial score (nSPS) is 26.2. The number of aliphatic hydroxyl groups is 3. The Morgan fingerprint density at radius 3 is 2.73 bits per heavy atom. The fourth-order valence-corrected chi connectivity index (χ4v) is 0.735. The molecule has 1 aliphatic rings. The van der Waals surface area contributed by atoms with E-state index in [1.807, 2.05) is 0 Å². The fraction of sp³-hybridized carbons (Fsp3) is 0.500. The maximum atomic E-state index is 10.5. The molecule has 1 heterocycles. The monoisotopic (exact) mass is 160 g/mol. The molecule has 62 valence electrons. The lowest BCUT2D eigenvalue weighted by molar-refractivity contribution is -0.146. The molecule has 1 unspecified atom stereocenters. The first-order valence-corrected chi connectivity index (χ1v) is 3.06. The van der Waals surface area contributed by atoms with Crippen molar-refractivity contribution in [3.05, 3.63) is 11.8 Å². The average molecular weight is 160 g/mol. The van der Waals surface area contributed by atoms with Crippen LogP contribution in [0.1, 0.15) is 0 Å². The molecule has 5 nitrogen and oxygen atoms in total. The van der Waals surface area contributed by atoms with Crippen molar-refractivity contribution in [3.8, 4) is 0 Å². The van der Waals surface area contributed by atoms with Gasteiger partial charge in [0.2, 0.25) is 5.76 Å². The maximum absolute atomic E-state index is 10.5. The van der Waals surface area contributed by atoms with Gasteiger partial charge in [0, 0.05) is 6.08 Å². The molecule has 3 N–H and O–H groups in total. The van der Waals surface area contributed by atoms with Crippen LogP contribution in [0.5, 0.6) is 0 Å². The highest BCUT2D eigenvalue weighted by atomic mass is 16.6. The molecule has 0 amide bonds. The quantitative estimate of drug-likeness (QED) is 0.437. The van der Waals surface area contributed by atoms with Gasteiger partial charge in [-0.15, -0.1) is 0 Å². The molecule has 5 heteroatoms. The van der Waals surface area contributed by atoms with Crippen LogP contribution < -0.4 is 0 Å². The van der Waals surface area contributed by atoms with Crippen molar-refractivity contribution in [2.24, 2.45) is 0 Å². The van der Waals surface area contributed by atoms with Crippen molar-refractivity contribution < 1.29 is 24.9 Å².